The highest BCUT2D eigenvalue weighted by Gasteiger charge is 2.50. The average molecular weight is 324 g/mol. The zero-order valence-corrected chi connectivity index (χ0v) is 11.9. The number of halogens is 1. The van der Waals surface area contributed by atoms with E-state index in [0.717, 1.165) is 16.5 Å². The molecule has 1 amide bonds. The zero-order valence-electron chi connectivity index (χ0n) is 10.3. The molecule has 0 saturated heterocycles. The summed E-state index contributed by atoms with van der Waals surface area (Å²) < 4.78 is 1.09. The number of hydrogen-bond acceptors (Lipinski definition) is 2. The standard InChI is InChI=1S/C14H14BrNO3/c15-12-3-1-2-8-7-16(5-4-9(8)12)13(17)10-6-11(10)14(18)19/h1-3,10-11H,4-7H2,(H,18,19). The fraction of sp³-hybridized carbons (Fsp3) is 0.429. The Bertz CT molecular complexity index is 558. The van der Waals surface area contributed by atoms with Crippen molar-refractivity contribution in [3.05, 3.63) is 33.8 Å². The van der Waals surface area contributed by atoms with Crippen LogP contribution in [0, 0.1) is 11.8 Å². The van der Waals surface area contributed by atoms with Gasteiger partial charge in [0.1, 0.15) is 0 Å². The van der Waals surface area contributed by atoms with Gasteiger partial charge in [0.25, 0.3) is 0 Å². The molecule has 1 N–H and O–H groups in total. The van der Waals surface area contributed by atoms with Gasteiger partial charge in [-0.25, -0.2) is 0 Å². The van der Waals surface area contributed by atoms with Crippen LogP contribution in [0.15, 0.2) is 22.7 Å². The largest absolute Gasteiger partial charge is 0.481 e. The van der Waals surface area contributed by atoms with Crippen LogP contribution in [0.3, 0.4) is 0 Å². The second kappa shape index (κ2) is 4.63. The Kier molecular flexibility index (Phi) is 3.09. The first kappa shape index (κ1) is 12.7. The number of fused-ring (bicyclic) bond motifs is 1. The van der Waals surface area contributed by atoms with Crippen molar-refractivity contribution in [2.45, 2.75) is 19.4 Å². The van der Waals surface area contributed by atoms with Gasteiger partial charge in [-0.15, -0.1) is 0 Å². The predicted molar refractivity (Wildman–Crippen MR) is 72.5 cm³/mol. The lowest BCUT2D eigenvalue weighted by molar-refractivity contribution is -0.142. The highest BCUT2D eigenvalue weighted by Crippen LogP contribution is 2.41. The molecule has 3 rings (SSSR count). The monoisotopic (exact) mass is 323 g/mol. The smallest absolute Gasteiger partial charge is 0.307 e. The molecule has 1 fully saturated rings. The summed E-state index contributed by atoms with van der Waals surface area (Å²) in [6.07, 6.45) is 1.32. The molecule has 1 saturated carbocycles. The molecule has 100 valence electrons. The van der Waals surface area contributed by atoms with Crippen LogP contribution in [0.4, 0.5) is 0 Å². The second-order valence-corrected chi connectivity index (χ2v) is 6.03. The summed E-state index contributed by atoms with van der Waals surface area (Å²) in [5.41, 5.74) is 2.42. The molecule has 1 aromatic carbocycles. The molecule has 2 atom stereocenters. The van der Waals surface area contributed by atoms with E-state index in [1.165, 1.54) is 5.56 Å². The quantitative estimate of drug-likeness (QED) is 0.906. The molecular formula is C14H14BrNO3. The van der Waals surface area contributed by atoms with Gasteiger partial charge in [0.15, 0.2) is 0 Å². The number of carbonyl (C=O) groups excluding carboxylic acids is 1. The molecule has 0 radical (unpaired) electrons. The van der Waals surface area contributed by atoms with Gasteiger partial charge >= 0.3 is 5.97 Å². The van der Waals surface area contributed by atoms with Crippen molar-refractivity contribution in [3.8, 4) is 0 Å². The SMILES string of the molecule is O=C(O)C1CC1C(=O)N1CCc2c(Br)cccc2C1. The molecule has 1 aromatic rings. The highest BCUT2D eigenvalue weighted by atomic mass is 79.9. The van der Waals surface area contributed by atoms with Crippen LogP contribution in [0.5, 0.6) is 0 Å². The van der Waals surface area contributed by atoms with E-state index in [-0.39, 0.29) is 11.8 Å². The van der Waals surface area contributed by atoms with Crippen molar-refractivity contribution in [1.82, 2.24) is 4.90 Å². The van der Waals surface area contributed by atoms with Gasteiger partial charge in [0, 0.05) is 17.6 Å². The van der Waals surface area contributed by atoms with Gasteiger partial charge in [-0.2, -0.15) is 0 Å². The topological polar surface area (TPSA) is 57.6 Å². The summed E-state index contributed by atoms with van der Waals surface area (Å²) in [6, 6.07) is 6.01. The first-order valence-corrected chi connectivity index (χ1v) is 7.15. The molecular weight excluding hydrogens is 310 g/mol. The number of hydrogen-bond donors (Lipinski definition) is 1. The minimum atomic E-state index is -0.849. The van der Waals surface area contributed by atoms with E-state index in [1.54, 1.807) is 4.90 Å². The summed E-state index contributed by atoms with van der Waals surface area (Å²) in [7, 11) is 0. The fourth-order valence-electron chi connectivity index (χ4n) is 2.73. The fourth-order valence-corrected chi connectivity index (χ4v) is 3.33. The van der Waals surface area contributed by atoms with Gasteiger partial charge in [-0.05, 0) is 30.0 Å². The maximum atomic E-state index is 12.2. The van der Waals surface area contributed by atoms with Gasteiger partial charge in [0.05, 0.1) is 11.8 Å². The summed E-state index contributed by atoms with van der Waals surface area (Å²) in [6.45, 7) is 1.27. The van der Waals surface area contributed by atoms with Gasteiger partial charge in [-0.1, -0.05) is 28.1 Å². The van der Waals surface area contributed by atoms with Crippen LogP contribution < -0.4 is 0 Å². The van der Waals surface area contributed by atoms with Crippen LogP contribution in [-0.2, 0) is 22.6 Å². The summed E-state index contributed by atoms with van der Waals surface area (Å²) in [5, 5.41) is 8.89. The first-order chi connectivity index (χ1) is 9.08. The Hall–Kier alpha value is -1.36. The van der Waals surface area contributed by atoms with Crippen molar-refractivity contribution in [1.29, 1.82) is 0 Å². The Morgan fingerprint density at radius 1 is 1.32 bits per heavy atom. The Morgan fingerprint density at radius 2 is 2.11 bits per heavy atom. The third kappa shape index (κ3) is 2.27. The van der Waals surface area contributed by atoms with Crippen LogP contribution in [0.25, 0.3) is 0 Å². The average Bonchev–Trinajstić information content (AvgIpc) is 3.18. The lowest BCUT2D eigenvalue weighted by Crippen LogP contribution is -2.37. The molecule has 0 bridgehead atoms. The van der Waals surface area contributed by atoms with E-state index >= 15 is 0 Å². The van der Waals surface area contributed by atoms with Crippen LogP contribution in [0.1, 0.15) is 17.5 Å². The number of carboxylic acid groups (broad SMARTS) is 1. The van der Waals surface area contributed by atoms with Gasteiger partial charge in [0.2, 0.25) is 5.91 Å². The van der Waals surface area contributed by atoms with Gasteiger partial charge < -0.3 is 10.0 Å². The van der Waals surface area contributed by atoms with Gasteiger partial charge in [-0.3, -0.25) is 9.59 Å². The summed E-state index contributed by atoms with van der Waals surface area (Å²) in [4.78, 5) is 24.8. The molecule has 5 heteroatoms. The van der Waals surface area contributed by atoms with E-state index in [2.05, 4.69) is 15.9 Å². The molecule has 1 aliphatic carbocycles. The molecule has 19 heavy (non-hydrogen) atoms. The molecule has 2 aliphatic rings. The lowest BCUT2D eigenvalue weighted by atomic mass is 9.99. The number of aliphatic carboxylic acids is 1. The number of carboxylic acids is 1. The Balaban J connectivity index is 1.73. The van der Waals surface area contributed by atoms with Crippen LogP contribution in [-0.4, -0.2) is 28.4 Å². The maximum absolute atomic E-state index is 12.2. The molecule has 2 unspecified atom stereocenters. The van der Waals surface area contributed by atoms with Crippen molar-refractivity contribution in [2.24, 2.45) is 11.8 Å². The predicted octanol–water partition coefficient (Wildman–Crippen LogP) is 2.05. The van der Waals surface area contributed by atoms with Crippen molar-refractivity contribution in [3.63, 3.8) is 0 Å². The minimum Gasteiger partial charge on any atom is -0.481 e. The number of rotatable bonds is 2. The van der Waals surface area contributed by atoms with Crippen LogP contribution in [0.2, 0.25) is 0 Å². The number of amides is 1. The summed E-state index contributed by atoms with van der Waals surface area (Å²) >= 11 is 3.53. The van der Waals surface area contributed by atoms with Crippen molar-refractivity contribution >= 4 is 27.8 Å². The third-order valence-electron chi connectivity index (χ3n) is 3.95. The van der Waals surface area contributed by atoms with E-state index < -0.39 is 11.9 Å². The normalized spacial score (nSPS) is 24.8. The maximum Gasteiger partial charge on any atom is 0.307 e. The zero-order chi connectivity index (χ0) is 13.6. The van der Waals surface area contributed by atoms with E-state index in [0.29, 0.717) is 19.5 Å². The molecule has 0 spiro atoms. The van der Waals surface area contributed by atoms with E-state index in [1.807, 2.05) is 18.2 Å². The van der Waals surface area contributed by atoms with Crippen molar-refractivity contribution < 1.29 is 14.7 Å². The van der Waals surface area contributed by atoms with Crippen molar-refractivity contribution in [2.75, 3.05) is 6.54 Å². The molecule has 1 heterocycles. The molecule has 4 nitrogen and oxygen atoms in total. The summed E-state index contributed by atoms with van der Waals surface area (Å²) in [5.74, 6) is -1.61. The van der Waals surface area contributed by atoms with E-state index in [4.69, 9.17) is 5.11 Å². The van der Waals surface area contributed by atoms with E-state index in [9.17, 15) is 9.59 Å². The Labute approximate surface area is 119 Å². The number of nitrogens with zero attached hydrogens (tertiary/aromatic N) is 1. The number of benzene rings is 1. The molecule has 1 aliphatic heterocycles. The highest BCUT2D eigenvalue weighted by molar-refractivity contribution is 9.10. The first-order valence-electron chi connectivity index (χ1n) is 6.36. The lowest BCUT2D eigenvalue weighted by Gasteiger charge is -2.29. The minimum absolute atomic E-state index is 0.00183. The third-order valence-corrected chi connectivity index (χ3v) is 4.69. The second-order valence-electron chi connectivity index (χ2n) is 5.17. The number of carbonyl (C=O) groups is 2. The molecule has 0 aromatic heterocycles. The van der Waals surface area contributed by atoms with Crippen LogP contribution >= 0.6 is 15.9 Å². The Morgan fingerprint density at radius 3 is 2.79 bits per heavy atom.